The van der Waals surface area contributed by atoms with Gasteiger partial charge in [-0.25, -0.2) is 0 Å². The summed E-state index contributed by atoms with van der Waals surface area (Å²) in [6, 6.07) is 0.452. The molecule has 0 aromatic rings. The Balaban J connectivity index is 2.04. The predicted octanol–water partition coefficient (Wildman–Crippen LogP) is 3.51. The highest BCUT2D eigenvalue weighted by molar-refractivity contribution is 5.80. The van der Waals surface area contributed by atoms with Crippen molar-refractivity contribution >= 4 is 5.91 Å². The van der Waals surface area contributed by atoms with Crippen molar-refractivity contribution in [1.29, 1.82) is 0 Å². The Bertz CT molecular complexity index is 277. The summed E-state index contributed by atoms with van der Waals surface area (Å²) in [7, 11) is 0. The second-order valence-electron chi connectivity index (χ2n) is 6.64. The molecule has 98 valence electrons. The molecule has 2 heteroatoms. The van der Waals surface area contributed by atoms with Gasteiger partial charge in [-0.2, -0.15) is 0 Å². The maximum atomic E-state index is 11.7. The Morgan fingerprint density at radius 2 is 2.00 bits per heavy atom. The van der Waals surface area contributed by atoms with E-state index in [1.807, 2.05) is 0 Å². The van der Waals surface area contributed by atoms with Gasteiger partial charge in [-0.3, -0.25) is 4.79 Å². The fourth-order valence-electron chi connectivity index (χ4n) is 3.81. The SMILES string of the molecule is CCC1CCC2(CC1)CC(=O)NC2CC(C)C. The topological polar surface area (TPSA) is 29.1 Å². The van der Waals surface area contributed by atoms with Gasteiger partial charge in [0.1, 0.15) is 0 Å². The zero-order chi connectivity index (χ0) is 12.5. The van der Waals surface area contributed by atoms with E-state index >= 15 is 0 Å². The molecule has 2 aliphatic rings. The third kappa shape index (κ3) is 2.66. The van der Waals surface area contributed by atoms with Crippen LogP contribution in [0.1, 0.15) is 65.7 Å². The van der Waals surface area contributed by atoms with Gasteiger partial charge in [0.15, 0.2) is 0 Å². The molecule has 1 saturated heterocycles. The standard InChI is InChI=1S/C15H27NO/c1-4-12-5-7-15(8-6-12)10-14(17)16-13(15)9-11(2)3/h11-13H,4-10H2,1-3H3,(H,16,17). The van der Waals surface area contributed by atoms with Crippen molar-refractivity contribution in [1.82, 2.24) is 5.32 Å². The van der Waals surface area contributed by atoms with Gasteiger partial charge in [-0.15, -0.1) is 0 Å². The van der Waals surface area contributed by atoms with Crippen molar-refractivity contribution < 1.29 is 4.79 Å². The van der Waals surface area contributed by atoms with Crippen molar-refractivity contribution in [3.63, 3.8) is 0 Å². The Kier molecular flexibility index (Phi) is 3.79. The van der Waals surface area contributed by atoms with Gasteiger partial charge in [0.2, 0.25) is 5.91 Å². The molecule has 2 nitrogen and oxygen atoms in total. The van der Waals surface area contributed by atoms with Crippen LogP contribution in [0.5, 0.6) is 0 Å². The second-order valence-corrected chi connectivity index (χ2v) is 6.64. The Labute approximate surface area is 106 Å². The lowest BCUT2D eigenvalue weighted by atomic mass is 9.64. The summed E-state index contributed by atoms with van der Waals surface area (Å²) in [5.74, 6) is 1.89. The number of nitrogens with one attached hydrogen (secondary N) is 1. The van der Waals surface area contributed by atoms with E-state index in [0.29, 0.717) is 23.3 Å². The lowest BCUT2D eigenvalue weighted by Gasteiger charge is -2.41. The van der Waals surface area contributed by atoms with Crippen LogP contribution >= 0.6 is 0 Å². The van der Waals surface area contributed by atoms with Gasteiger partial charge in [0, 0.05) is 12.5 Å². The molecule has 0 aromatic heterocycles. The fraction of sp³-hybridized carbons (Fsp3) is 0.933. The molecule has 1 amide bonds. The first kappa shape index (κ1) is 12.9. The van der Waals surface area contributed by atoms with Crippen molar-refractivity contribution in [2.45, 2.75) is 71.8 Å². The predicted molar refractivity (Wildman–Crippen MR) is 70.7 cm³/mol. The molecule has 1 heterocycles. The summed E-state index contributed by atoms with van der Waals surface area (Å²) in [5, 5.41) is 3.24. The van der Waals surface area contributed by atoms with Gasteiger partial charge in [-0.05, 0) is 49.4 Å². The van der Waals surface area contributed by atoms with E-state index in [1.54, 1.807) is 0 Å². The van der Waals surface area contributed by atoms with Crippen molar-refractivity contribution in [3.05, 3.63) is 0 Å². The fourth-order valence-corrected chi connectivity index (χ4v) is 3.81. The number of hydrogen-bond acceptors (Lipinski definition) is 1. The Hall–Kier alpha value is -0.530. The second kappa shape index (κ2) is 4.99. The van der Waals surface area contributed by atoms with Crippen LogP contribution in [-0.2, 0) is 4.79 Å². The molecule has 0 bridgehead atoms. The quantitative estimate of drug-likeness (QED) is 0.799. The molecule has 1 unspecified atom stereocenters. The number of hydrogen-bond donors (Lipinski definition) is 1. The highest BCUT2D eigenvalue weighted by Gasteiger charge is 2.47. The molecule has 1 atom stereocenters. The van der Waals surface area contributed by atoms with Gasteiger partial charge in [-0.1, -0.05) is 27.2 Å². The molecule has 1 saturated carbocycles. The lowest BCUT2D eigenvalue weighted by Crippen LogP contribution is -2.40. The highest BCUT2D eigenvalue weighted by Crippen LogP contribution is 2.48. The average Bonchev–Trinajstić information content (AvgIpc) is 2.55. The van der Waals surface area contributed by atoms with Crippen LogP contribution in [0, 0.1) is 17.3 Å². The molecule has 17 heavy (non-hydrogen) atoms. The van der Waals surface area contributed by atoms with Gasteiger partial charge in [0.05, 0.1) is 0 Å². The number of carbonyl (C=O) groups is 1. The molecule has 1 spiro atoms. The van der Waals surface area contributed by atoms with Crippen LogP contribution in [-0.4, -0.2) is 11.9 Å². The number of carbonyl (C=O) groups excluding carboxylic acids is 1. The van der Waals surface area contributed by atoms with E-state index < -0.39 is 0 Å². The van der Waals surface area contributed by atoms with Crippen LogP contribution in [0.15, 0.2) is 0 Å². The van der Waals surface area contributed by atoms with Crippen LogP contribution < -0.4 is 5.32 Å². The van der Waals surface area contributed by atoms with Gasteiger partial charge in [0.25, 0.3) is 0 Å². The van der Waals surface area contributed by atoms with Crippen molar-refractivity contribution in [2.75, 3.05) is 0 Å². The molecule has 0 radical (unpaired) electrons. The van der Waals surface area contributed by atoms with E-state index in [2.05, 4.69) is 26.1 Å². The normalized spacial score (nSPS) is 37.8. The molecule has 1 aliphatic heterocycles. The summed E-state index contributed by atoms with van der Waals surface area (Å²) >= 11 is 0. The Morgan fingerprint density at radius 1 is 1.35 bits per heavy atom. The van der Waals surface area contributed by atoms with E-state index in [0.717, 1.165) is 18.8 Å². The Morgan fingerprint density at radius 3 is 2.53 bits per heavy atom. The largest absolute Gasteiger partial charge is 0.353 e. The van der Waals surface area contributed by atoms with Crippen LogP contribution in [0.4, 0.5) is 0 Å². The van der Waals surface area contributed by atoms with Crippen molar-refractivity contribution in [3.8, 4) is 0 Å². The van der Waals surface area contributed by atoms with Crippen LogP contribution in [0.3, 0.4) is 0 Å². The maximum Gasteiger partial charge on any atom is 0.220 e. The summed E-state index contributed by atoms with van der Waals surface area (Å²) in [6.07, 6.45) is 8.46. The first-order valence-electron chi connectivity index (χ1n) is 7.35. The number of rotatable bonds is 3. The molecular weight excluding hydrogens is 210 g/mol. The highest BCUT2D eigenvalue weighted by atomic mass is 16.2. The average molecular weight is 237 g/mol. The van der Waals surface area contributed by atoms with Crippen LogP contribution in [0.25, 0.3) is 0 Å². The molecular formula is C15H27NO. The zero-order valence-corrected chi connectivity index (χ0v) is 11.6. The smallest absolute Gasteiger partial charge is 0.220 e. The lowest BCUT2D eigenvalue weighted by molar-refractivity contribution is -0.119. The summed E-state index contributed by atoms with van der Waals surface area (Å²) in [5.41, 5.74) is 0.313. The van der Waals surface area contributed by atoms with E-state index in [-0.39, 0.29) is 0 Å². The molecule has 2 rings (SSSR count). The van der Waals surface area contributed by atoms with Crippen molar-refractivity contribution in [2.24, 2.45) is 17.3 Å². The minimum absolute atomic E-state index is 0.297. The summed E-state index contributed by atoms with van der Waals surface area (Å²) in [4.78, 5) is 11.7. The molecule has 1 aliphatic carbocycles. The third-order valence-electron chi connectivity index (χ3n) is 4.97. The van der Waals surface area contributed by atoms with Gasteiger partial charge >= 0.3 is 0 Å². The first-order chi connectivity index (χ1) is 8.05. The van der Waals surface area contributed by atoms with Crippen LogP contribution in [0.2, 0.25) is 0 Å². The monoisotopic (exact) mass is 237 g/mol. The molecule has 1 N–H and O–H groups in total. The first-order valence-corrected chi connectivity index (χ1v) is 7.35. The summed E-state index contributed by atoms with van der Waals surface area (Å²) in [6.45, 7) is 6.82. The third-order valence-corrected chi connectivity index (χ3v) is 4.97. The minimum Gasteiger partial charge on any atom is -0.353 e. The maximum absolute atomic E-state index is 11.7. The molecule has 2 fully saturated rings. The van der Waals surface area contributed by atoms with E-state index in [9.17, 15) is 4.79 Å². The summed E-state index contributed by atoms with van der Waals surface area (Å²) < 4.78 is 0. The zero-order valence-electron chi connectivity index (χ0n) is 11.6. The van der Waals surface area contributed by atoms with E-state index in [1.165, 1.54) is 32.1 Å². The van der Waals surface area contributed by atoms with E-state index in [4.69, 9.17) is 0 Å². The minimum atomic E-state index is 0.297. The molecule has 0 aromatic carbocycles. The van der Waals surface area contributed by atoms with Gasteiger partial charge < -0.3 is 5.32 Å². The number of amides is 1.